The summed E-state index contributed by atoms with van der Waals surface area (Å²) in [4.78, 5) is 0. The summed E-state index contributed by atoms with van der Waals surface area (Å²) in [5, 5.41) is 27.9. The van der Waals surface area contributed by atoms with Crippen LogP contribution >= 0.6 is 0 Å². The van der Waals surface area contributed by atoms with Gasteiger partial charge in [0.05, 0.1) is 39.8 Å². The highest BCUT2D eigenvalue weighted by Crippen LogP contribution is 2.66. The van der Waals surface area contributed by atoms with Crippen LogP contribution in [0, 0.1) is 34.5 Å². The van der Waals surface area contributed by atoms with E-state index in [9.17, 15) is 10.5 Å². The molecule has 6 bridgehead atoms. The molecule has 72 heavy (non-hydrogen) atoms. The highest BCUT2D eigenvalue weighted by molar-refractivity contribution is 6.27. The van der Waals surface area contributed by atoms with E-state index in [1.54, 1.807) is 0 Å². The molecule has 2 unspecified atom stereocenters. The van der Waals surface area contributed by atoms with E-state index < -0.39 is 10.8 Å². The number of hydrogen-bond acceptors (Lipinski definition) is 2. The van der Waals surface area contributed by atoms with Gasteiger partial charge < -0.3 is 4.40 Å². The zero-order valence-electron chi connectivity index (χ0n) is 40.4. The first-order valence-electron chi connectivity index (χ1n) is 26.1. The maximum absolute atomic E-state index is 11.6. The van der Waals surface area contributed by atoms with Crippen LogP contribution < -0.4 is 0 Å². The van der Waals surface area contributed by atoms with Crippen LogP contribution in [0.25, 0.3) is 82.6 Å². The molecule has 3 heteroatoms. The molecule has 0 aliphatic heterocycles. The highest BCUT2D eigenvalue weighted by Gasteiger charge is 2.57. The lowest BCUT2D eigenvalue weighted by atomic mass is 9.47. The van der Waals surface area contributed by atoms with Crippen molar-refractivity contribution < 1.29 is 0 Å². The SMILES string of the molecule is CC12c3ccccc3C(C)(c3ccccc31)c1c2c(C#N)cc2c1c1cc(-c3c(-c4ccccc4)cc(-c4ccccc4)cc3-c3ccccc3)cc3c4c5c(c(C#N)cc4n2c31)C1CC2CC(C1)CC5C2. The molecule has 11 aromatic rings. The van der Waals surface area contributed by atoms with Gasteiger partial charge in [-0.15, -0.1) is 0 Å². The molecule has 0 N–H and O–H groups in total. The standard InChI is InChI=1S/C69H49N3/c1-68-54-22-12-14-24-56(54)69(2,57-25-15-13-23-55(57)68)66-64-53-34-47(61-50(42-18-8-4-9-19-42)31-44(41-16-6-3-7-17-41)32-51(61)43-20-10-5-11-21-43)33-52-63-58(72(67(52)53)59(64)36-49(38-71)65(66)68)35-48(37-70)60-45-27-39-26-40(28-45)30-46(29-39)62(60)63/h3-25,31-36,39-40,45-46H,26-30H2,1-2H3. The van der Waals surface area contributed by atoms with E-state index in [1.807, 2.05) is 0 Å². The minimum Gasteiger partial charge on any atom is -0.308 e. The Labute approximate surface area is 419 Å². The van der Waals surface area contributed by atoms with Crippen molar-refractivity contribution in [2.75, 3.05) is 0 Å². The molecule has 340 valence electrons. The Hall–Kier alpha value is -8.24. The fourth-order valence-electron chi connectivity index (χ4n) is 16.4. The van der Waals surface area contributed by atoms with Gasteiger partial charge in [0, 0.05) is 32.4 Å². The Bertz CT molecular complexity index is 4140. The van der Waals surface area contributed by atoms with Crippen molar-refractivity contribution in [3.05, 3.63) is 232 Å². The van der Waals surface area contributed by atoms with E-state index in [1.165, 1.54) is 143 Å². The van der Waals surface area contributed by atoms with Crippen molar-refractivity contribution in [1.29, 1.82) is 10.5 Å². The maximum Gasteiger partial charge on any atom is 0.0995 e. The molecule has 7 aliphatic rings. The third-order valence-corrected chi connectivity index (χ3v) is 19.0. The number of nitriles is 2. The summed E-state index contributed by atoms with van der Waals surface area (Å²) in [5.74, 6) is 2.21. The highest BCUT2D eigenvalue weighted by atomic mass is 14.9. The van der Waals surface area contributed by atoms with Crippen molar-refractivity contribution in [3.63, 3.8) is 0 Å². The van der Waals surface area contributed by atoms with Gasteiger partial charge in [0.1, 0.15) is 0 Å². The maximum atomic E-state index is 11.6. The molecule has 2 saturated carbocycles. The molecule has 7 aliphatic carbocycles. The number of hydrogen-bond donors (Lipinski definition) is 0. The van der Waals surface area contributed by atoms with E-state index in [2.05, 4.69) is 206 Å². The third kappa shape index (κ3) is 4.99. The zero-order chi connectivity index (χ0) is 47.8. The molecule has 3 nitrogen and oxygen atoms in total. The second-order valence-electron chi connectivity index (χ2n) is 22.4. The zero-order valence-corrected chi connectivity index (χ0v) is 40.4. The van der Waals surface area contributed by atoms with Crippen LogP contribution in [0.1, 0.15) is 113 Å². The summed E-state index contributed by atoms with van der Waals surface area (Å²) >= 11 is 0. The van der Waals surface area contributed by atoms with E-state index in [0.29, 0.717) is 23.7 Å². The van der Waals surface area contributed by atoms with Crippen molar-refractivity contribution in [3.8, 4) is 56.6 Å². The predicted molar refractivity (Wildman–Crippen MR) is 292 cm³/mol. The smallest absolute Gasteiger partial charge is 0.0995 e. The van der Waals surface area contributed by atoms with Crippen LogP contribution in [-0.2, 0) is 10.8 Å². The van der Waals surface area contributed by atoms with Gasteiger partial charge in [-0.25, -0.2) is 0 Å². The lowest BCUT2D eigenvalue weighted by Crippen LogP contribution is -2.48. The summed E-state index contributed by atoms with van der Waals surface area (Å²) < 4.78 is 2.51. The molecule has 0 spiro atoms. The van der Waals surface area contributed by atoms with Gasteiger partial charge in [0.25, 0.3) is 0 Å². The monoisotopic (exact) mass is 919 g/mol. The van der Waals surface area contributed by atoms with Crippen LogP contribution in [0.4, 0.5) is 0 Å². The van der Waals surface area contributed by atoms with Gasteiger partial charge in [-0.1, -0.05) is 140 Å². The fraction of sp³-hybridized carbons (Fsp3) is 0.188. The molecule has 0 amide bonds. The average Bonchev–Trinajstić information content (AvgIpc) is 3.88. The van der Waals surface area contributed by atoms with Gasteiger partial charge in [-0.05, 0) is 195 Å². The predicted octanol–water partition coefficient (Wildman–Crippen LogP) is 17.0. The lowest BCUT2D eigenvalue weighted by Gasteiger charge is -2.54. The molecular formula is C69H49N3. The summed E-state index contributed by atoms with van der Waals surface area (Å²) in [6, 6.07) is 70.9. The Balaban J connectivity index is 1.13. The summed E-state index contributed by atoms with van der Waals surface area (Å²) in [6.45, 7) is 4.80. The van der Waals surface area contributed by atoms with E-state index >= 15 is 0 Å². The Kier molecular flexibility index (Phi) is 7.99. The van der Waals surface area contributed by atoms with E-state index in [0.717, 1.165) is 27.7 Å². The first-order chi connectivity index (χ1) is 35.4. The van der Waals surface area contributed by atoms with Gasteiger partial charge >= 0.3 is 0 Å². The van der Waals surface area contributed by atoms with Crippen LogP contribution in [0.5, 0.6) is 0 Å². The second-order valence-corrected chi connectivity index (χ2v) is 22.4. The summed E-state index contributed by atoms with van der Waals surface area (Å²) in [7, 11) is 0. The van der Waals surface area contributed by atoms with Crippen LogP contribution in [0.15, 0.2) is 176 Å². The Morgan fingerprint density at radius 3 is 1.40 bits per heavy atom. The molecule has 2 atom stereocenters. The van der Waals surface area contributed by atoms with Gasteiger partial charge in [-0.3, -0.25) is 0 Å². The summed E-state index contributed by atoms with van der Waals surface area (Å²) in [5.41, 5.74) is 23.6. The second kappa shape index (κ2) is 14.2. The van der Waals surface area contributed by atoms with Gasteiger partial charge in [0.15, 0.2) is 0 Å². The topological polar surface area (TPSA) is 52.0 Å². The molecule has 9 aromatic carbocycles. The molecule has 2 aromatic heterocycles. The first kappa shape index (κ1) is 40.5. The number of aromatic nitrogens is 1. The minimum absolute atomic E-state index is 0.403. The van der Waals surface area contributed by atoms with Crippen LogP contribution in [0.3, 0.4) is 0 Å². The quantitative estimate of drug-likeness (QED) is 0.177. The Morgan fingerprint density at radius 1 is 0.431 bits per heavy atom. The van der Waals surface area contributed by atoms with E-state index in [4.69, 9.17) is 0 Å². The first-order valence-corrected chi connectivity index (χ1v) is 26.1. The lowest BCUT2D eigenvalue weighted by molar-refractivity contribution is 0.166. The Morgan fingerprint density at radius 2 is 0.875 bits per heavy atom. The van der Waals surface area contributed by atoms with Crippen molar-refractivity contribution in [2.45, 2.75) is 68.6 Å². The number of fused-ring (bicyclic) bond motifs is 6. The van der Waals surface area contributed by atoms with Crippen LogP contribution in [0.2, 0.25) is 0 Å². The largest absolute Gasteiger partial charge is 0.308 e. The average molecular weight is 920 g/mol. The minimum atomic E-state index is -0.561. The molecule has 2 fully saturated rings. The van der Waals surface area contributed by atoms with Crippen molar-refractivity contribution in [1.82, 2.24) is 4.40 Å². The molecule has 2 heterocycles. The van der Waals surface area contributed by atoms with Crippen molar-refractivity contribution >= 4 is 38.1 Å². The fourth-order valence-corrected chi connectivity index (χ4v) is 16.4. The molecule has 0 radical (unpaired) electrons. The number of rotatable bonds is 4. The number of benzene rings is 9. The van der Waals surface area contributed by atoms with Gasteiger partial charge in [-0.2, -0.15) is 10.5 Å². The third-order valence-electron chi connectivity index (χ3n) is 19.0. The molecule has 0 saturated heterocycles. The molecular weight excluding hydrogens is 871 g/mol. The van der Waals surface area contributed by atoms with E-state index in [-0.39, 0.29) is 0 Å². The summed E-state index contributed by atoms with van der Waals surface area (Å²) in [6.07, 6.45) is 6.08. The van der Waals surface area contributed by atoms with Crippen molar-refractivity contribution in [2.24, 2.45) is 11.8 Å². The normalized spacial score (nSPS) is 22.9. The van der Waals surface area contributed by atoms with Gasteiger partial charge in [0.2, 0.25) is 0 Å². The molecule has 18 rings (SSSR count). The number of nitrogens with zero attached hydrogens (tertiary/aromatic N) is 3. The van der Waals surface area contributed by atoms with Crippen LogP contribution in [-0.4, -0.2) is 4.40 Å².